The van der Waals surface area contributed by atoms with E-state index in [0.717, 1.165) is 26.1 Å². The summed E-state index contributed by atoms with van der Waals surface area (Å²) in [6.07, 6.45) is 1.16. The molecular weight excluding hydrogens is 208 g/mol. The summed E-state index contributed by atoms with van der Waals surface area (Å²) in [6, 6.07) is 6.71. The Morgan fingerprint density at radius 2 is 2.06 bits per heavy atom. The van der Waals surface area contributed by atoms with Crippen LogP contribution < -0.4 is 10.2 Å². The molecule has 1 aliphatic heterocycles. The van der Waals surface area contributed by atoms with Crippen molar-refractivity contribution in [3.8, 4) is 0 Å². The van der Waals surface area contributed by atoms with Crippen LogP contribution in [-0.2, 0) is 13.0 Å². The van der Waals surface area contributed by atoms with Gasteiger partial charge in [0.25, 0.3) is 0 Å². The van der Waals surface area contributed by atoms with Gasteiger partial charge in [-0.05, 0) is 35.6 Å². The van der Waals surface area contributed by atoms with Crippen molar-refractivity contribution in [3.05, 3.63) is 29.3 Å². The van der Waals surface area contributed by atoms with E-state index in [2.05, 4.69) is 56.2 Å². The second-order valence-electron chi connectivity index (χ2n) is 6.26. The summed E-state index contributed by atoms with van der Waals surface area (Å²) in [5.41, 5.74) is 4.73. The van der Waals surface area contributed by atoms with Crippen LogP contribution in [0.3, 0.4) is 0 Å². The van der Waals surface area contributed by atoms with Crippen molar-refractivity contribution in [2.75, 3.05) is 25.0 Å². The molecule has 2 heteroatoms. The molecule has 0 aliphatic carbocycles. The molecule has 0 saturated heterocycles. The number of nitrogens with zero attached hydrogens (tertiary/aromatic N) is 1. The van der Waals surface area contributed by atoms with Gasteiger partial charge in [-0.1, -0.05) is 32.9 Å². The third-order valence-electron chi connectivity index (χ3n) is 3.24. The van der Waals surface area contributed by atoms with Crippen molar-refractivity contribution < 1.29 is 0 Å². The molecule has 0 amide bonds. The highest BCUT2D eigenvalue weighted by Crippen LogP contribution is 2.27. The van der Waals surface area contributed by atoms with Crippen LogP contribution in [0, 0.1) is 5.41 Å². The number of benzene rings is 1. The fourth-order valence-electron chi connectivity index (χ4n) is 2.65. The zero-order valence-corrected chi connectivity index (χ0v) is 11.5. The molecule has 0 unspecified atom stereocenters. The highest BCUT2D eigenvalue weighted by atomic mass is 15.1. The lowest BCUT2D eigenvalue weighted by atomic mass is 9.94. The number of fused-ring (bicyclic) bond motifs is 1. The second kappa shape index (κ2) is 4.69. The van der Waals surface area contributed by atoms with Gasteiger partial charge >= 0.3 is 0 Å². The Balaban J connectivity index is 2.26. The van der Waals surface area contributed by atoms with E-state index in [1.807, 2.05) is 0 Å². The molecule has 0 bridgehead atoms. The molecule has 2 rings (SSSR count). The topological polar surface area (TPSA) is 15.3 Å². The molecule has 0 radical (unpaired) electrons. The number of rotatable bonds is 2. The first-order valence-corrected chi connectivity index (χ1v) is 6.50. The molecule has 0 atom stereocenters. The number of hydrogen-bond donors (Lipinski definition) is 1. The first-order chi connectivity index (χ1) is 7.97. The van der Waals surface area contributed by atoms with Crippen LogP contribution >= 0.6 is 0 Å². The van der Waals surface area contributed by atoms with E-state index in [-0.39, 0.29) is 0 Å². The Morgan fingerprint density at radius 3 is 2.76 bits per heavy atom. The molecule has 17 heavy (non-hydrogen) atoms. The van der Waals surface area contributed by atoms with E-state index in [0.29, 0.717) is 5.41 Å². The summed E-state index contributed by atoms with van der Waals surface area (Å²) >= 11 is 0. The summed E-state index contributed by atoms with van der Waals surface area (Å²) in [5, 5.41) is 3.47. The summed E-state index contributed by atoms with van der Waals surface area (Å²) in [5.74, 6) is 0. The monoisotopic (exact) mass is 232 g/mol. The third-order valence-corrected chi connectivity index (χ3v) is 3.24. The molecule has 0 spiro atoms. The summed E-state index contributed by atoms with van der Waals surface area (Å²) in [6.45, 7) is 10.1. The van der Waals surface area contributed by atoms with Crippen LogP contribution in [0.1, 0.15) is 31.9 Å². The van der Waals surface area contributed by atoms with Crippen molar-refractivity contribution in [1.29, 1.82) is 0 Å². The molecule has 1 aromatic rings. The van der Waals surface area contributed by atoms with Crippen molar-refractivity contribution >= 4 is 5.69 Å². The van der Waals surface area contributed by atoms with Crippen LogP contribution in [0.4, 0.5) is 5.69 Å². The molecule has 0 saturated carbocycles. The molecule has 1 heterocycles. The van der Waals surface area contributed by atoms with Gasteiger partial charge in [-0.2, -0.15) is 0 Å². The van der Waals surface area contributed by atoms with Gasteiger partial charge in [-0.15, -0.1) is 0 Å². The van der Waals surface area contributed by atoms with E-state index in [4.69, 9.17) is 0 Å². The minimum absolute atomic E-state index is 0.333. The zero-order chi connectivity index (χ0) is 12.5. The molecule has 94 valence electrons. The van der Waals surface area contributed by atoms with E-state index in [1.54, 1.807) is 0 Å². The fraction of sp³-hybridized carbons (Fsp3) is 0.600. The maximum Gasteiger partial charge on any atom is 0.0412 e. The predicted octanol–water partition coefficient (Wildman–Crippen LogP) is 2.81. The summed E-state index contributed by atoms with van der Waals surface area (Å²) < 4.78 is 0. The first kappa shape index (κ1) is 12.4. The average Bonchev–Trinajstić information content (AvgIpc) is 2.26. The van der Waals surface area contributed by atoms with Gasteiger partial charge in [0, 0.05) is 25.8 Å². The lowest BCUT2D eigenvalue weighted by molar-refractivity contribution is 0.418. The Morgan fingerprint density at radius 1 is 1.29 bits per heavy atom. The quantitative estimate of drug-likeness (QED) is 0.843. The minimum Gasteiger partial charge on any atom is -0.374 e. The van der Waals surface area contributed by atoms with Gasteiger partial charge in [-0.3, -0.25) is 0 Å². The van der Waals surface area contributed by atoms with Crippen LogP contribution in [0.2, 0.25) is 0 Å². The van der Waals surface area contributed by atoms with E-state index in [9.17, 15) is 0 Å². The molecule has 1 aromatic carbocycles. The predicted molar refractivity (Wildman–Crippen MR) is 74.6 cm³/mol. The summed E-state index contributed by atoms with van der Waals surface area (Å²) in [4.78, 5) is 2.39. The van der Waals surface area contributed by atoms with Gasteiger partial charge in [-0.25, -0.2) is 0 Å². The Labute approximate surface area is 105 Å². The molecule has 0 aromatic heterocycles. The largest absolute Gasteiger partial charge is 0.374 e. The van der Waals surface area contributed by atoms with E-state index in [1.165, 1.54) is 16.8 Å². The lowest BCUT2D eigenvalue weighted by Crippen LogP contribution is -2.32. The molecule has 1 N–H and O–H groups in total. The Kier molecular flexibility index (Phi) is 3.43. The number of hydrogen-bond acceptors (Lipinski definition) is 2. The molecule has 0 fully saturated rings. The number of nitrogens with one attached hydrogen (secondary N) is 1. The van der Waals surface area contributed by atoms with Crippen molar-refractivity contribution in [1.82, 2.24) is 5.32 Å². The number of anilines is 1. The zero-order valence-electron chi connectivity index (χ0n) is 11.5. The van der Waals surface area contributed by atoms with Crippen LogP contribution in [-0.4, -0.2) is 20.1 Å². The van der Waals surface area contributed by atoms with Gasteiger partial charge in [0.15, 0.2) is 0 Å². The van der Waals surface area contributed by atoms with Crippen LogP contribution in [0.15, 0.2) is 18.2 Å². The highest BCUT2D eigenvalue weighted by molar-refractivity contribution is 5.57. The second-order valence-corrected chi connectivity index (χ2v) is 6.26. The van der Waals surface area contributed by atoms with Gasteiger partial charge in [0.1, 0.15) is 0 Å². The minimum atomic E-state index is 0.333. The first-order valence-electron chi connectivity index (χ1n) is 6.50. The van der Waals surface area contributed by atoms with Gasteiger partial charge in [0.2, 0.25) is 0 Å². The van der Waals surface area contributed by atoms with Crippen LogP contribution in [0.5, 0.6) is 0 Å². The lowest BCUT2D eigenvalue weighted by Gasteiger charge is -2.31. The van der Waals surface area contributed by atoms with Crippen molar-refractivity contribution in [2.45, 2.75) is 33.7 Å². The van der Waals surface area contributed by atoms with Crippen LogP contribution in [0.25, 0.3) is 0 Å². The Hall–Kier alpha value is -1.02. The molecular formula is C15H24N2. The standard InChI is InChI=1S/C15H24N2/c1-15(2,3)11-17(4)14-7-5-6-12-8-9-16-10-13(12)14/h5-7,16H,8-11H2,1-4H3. The van der Waals surface area contributed by atoms with Gasteiger partial charge < -0.3 is 10.2 Å². The molecule has 1 aliphatic rings. The van der Waals surface area contributed by atoms with E-state index < -0.39 is 0 Å². The highest BCUT2D eigenvalue weighted by Gasteiger charge is 2.18. The SMILES string of the molecule is CN(CC(C)(C)C)c1cccc2c1CNCC2. The third kappa shape index (κ3) is 3.01. The van der Waals surface area contributed by atoms with E-state index >= 15 is 0 Å². The van der Waals surface area contributed by atoms with Gasteiger partial charge in [0.05, 0.1) is 0 Å². The van der Waals surface area contributed by atoms with Crippen molar-refractivity contribution in [3.63, 3.8) is 0 Å². The maximum atomic E-state index is 3.47. The average molecular weight is 232 g/mol. The maximum absolute atomic E-state index is 3.47. The Bertz CT molecular complexity index is 390. The molecule has 2 nitrogen and oxygen atoms in total. The smallest absolute Gasteiger partial charge is 0.0412 e. The fourth-order valence-corrected chi connectivity index (χ4v) is 2.65. The van der Waals surface area contributed by atoms with Crippen molar-refractivity contribution in [2.24, 2.45) is 5.41 Å². The summed E-state index contributed by atoms with van der Waals surface area (Å²) in [7, 11) is 2.20. The normalized spacial score (nSPS) is 15.5.